The van der Waals surface area contributed by atoms with Crippen molar-refractivity contribution >= 4 is 10.0 Å². The summed E-state index contributed by atoms with van der Waals surface area (Å²) in [4.78, 5) is 2.25. The molecule has 0 amide bonds. The predicted molar refractivity (Wildman–Crippen MR) is 83.7 cm³/mol. The molecule has 1 heterocycles. The van der Waals surface area contributed by atoms with E-state index in [1.165, 1.54) is 0 Å². The average Bonchev–Trinajstić information content (AvgIpc) is 2.68. The Hall–Kier alpha value is -0.960. The number of aromatic nitrogens is 2. The lowest BCUT2D eigenvalue weighted by Gasteiger charge is -2.20. The van der Waals surface area contributed by atoms with Gasteiger partial charge in [-0.25, -0.2) is 13.1 Å². The van der Waals surface area contributed by atoms with Crippen LogP contribution in [-0.4, -0.2) is 56.3 Å². The molecule has 0 saturated carbocycles. The zero-order chi connectivity index (χ0) is 16.2. The SMILES string of the molecule is Cc1nn(CCCN)c(C)c1S(=O)(=O)NCC(C)N(C)C. The average molecular weight is 317 g/mol. The predicted octanol–water partition coefficient (Wildman–Crippen LogP) is 0.0771. The number of nitrogens with one attached hydrogen (secondary N) is 1. The first-order valence-electron chi connectivity index (χ1n) is 7.11. The maximum absolute atomic E-state index is 12.5. The van der Waals surface area contributed by atoms with Crippen molar-refractivity contribution in [3.63, 3.8) is 0 Å². The number of nitrogens with two attached hydrogens (primary N) is 1. The van der Waals surface area contributed by atoms with Gasteiger partial charge in [0.05, 0.1) is 11.4 Å². The molecule has 1 aromatic rings. The van der Waals surface area contributed by atoms with E-state index >= 15 is 0 Å². The highest BCUT2D eigenvalue weighted by molar-refractivity contribution is 7.89. The summed E-state index contributed by atoms with van der Waals surface area (Å²) in [6.07, 6.45) is 0.770. The molecule has 0 aliphatic heterocycles. The highest BCUT2D eigenvalue weighted by atomic mass is 32.2. The lowest BCUT2D eigenvalue weighted by molar-refractivity contribution is 0.314. The molecule has 21 heavy (non-hydrogen) atoms. The van der Waals surface area contributed by atoms with Crippen molar-refractivity contribution in [3.05, 3.63) is 11.4 Å². The summed E-state index contributed by atoms with van der Waals surface area (Å²) in [5.41, 5.74) is 6.67. The van der Waals surface area contributed by atoms with Crippen molar-refractivity contribution in [2.45, 2.75) is 44.7 Å². The Morgan fingerprint density at radius 1 is 1.38 bits per heavy atom. The third kappa shape index (κ3) is 4.50. The fraction of sp³-hybridized carbons (Fsp3) is 0.769. The number of rotatable bonds is 8. The molecule has 8 heteroatoms. The minimum absolute atomic E-state index is 0.118. The van der Waals surface area contributed by atoms with Crippen molar-refractivity contribution in [2.24, 2.45) is 5.73 Å². The molecule has 0 saturated heterocycles. The summed E-state index contributed by atoms with van der Waals surface area (Å²) < 4.78 is 29.3. The van der Waals surface area contributed by atoms with Crippen LogP contribution in [-0.2, 0) is 16.6 Å². The highest BCUT2D eigenvalue weighted by Gasteiger charge is 2.24. The van der Waals surface area contributed by atoms with Gasteiger partial charge in [0.1, 0.15) is 4.90 Å². The van der Waals surface area contributed by atoms with Crippen molar-refractivity contribution in [2.75, 3.05) is 27.2 Å². The van der Waals surface area contributed by atoms with Gasteiger partial charge in [0.25, 0.3) is 0 Å². The first kappa shape index (κ1) is 18.1. The fourth-order valence-electron chi connectivity index (χ4n) is 2.01. The van der Waals surface area contributed by atoms with Gasteiger partial charge in [-0.05, 0) is 47.8 Å². The number of likely N-dealkylation sites (N-methyl/N-ethyl adjacent to an activating group) is 1. The van der Waals surface area contributed by atoms with E-state index in [1.807, 2.05) is 25.9 Å². The number of aryl methyl sites for hydroxylation is 2. The molecule has 0 radical (unpaired) electrons. The summed E-state index contributed by atoms with van der Waals surface area (Å²) in [5.74, 6) is 0. The summed E-state index contributed by atoms with van der Waals surface area (Å²) in [6, 6.07) is 0.118. The molecule has 1 unspecified atom stereocenters. The van der Waals surface area contributed by atoms with Gasteiger partial charge in [-0.3, -0.25) is 4.68 Å². The smallest absolute Gasteiger partial charge is 0.244 e. The third-order valence-electron chi connectivity index (χ3n) is 3.61. The highest BCUT2D eigenvalue weighted by Crippen LogP contribution is 2.19. The Morgan fingerprint density at radius 2 is 2.00 bits per heavy atom. The van der Waals surface area contributed by atoms with Crippen LogP contribution in [0.4, 0.5) is 0 Å². The van der Waals surface area contributed by atoms with Crippen molar-refractivity contribution < 1.29 is 8.42 Å². The van der Waals surface area contributed by atoms with Gasteiger partial charge in [-0.2, -0.15) is 5.10 Å². The van der Waals surface area contributed by atoms with Gasteiger partial charge in [0, 0.05) is 19.1 Å². The number of nitrogens with zero attached hydrogens (tertiary/aromatic N) is 3. The quantitative estimate of drug-likeness (QED) is 0.708. The summed E-state index contributed by atoms with van der Waals surface area (Å²) in [6.45, 7) is 7.01. The largest absolute Gasteiger partial charge is 0.330 e. The monoisotopic (exact) mass is 317 g/mol. The van der Waals surface area contributed by atoms with Crippen LogP contribution in [0.25, 0.3) is 0 Å². The molecule has 0 aliphatic rings. The van der Waals surface area contributed by atoms with E-state index < -0.39 is 10.0 Å². The van der Waals surface area contributed by atoms with Crippen LogP contribution >= 0.6 is 0 Å². The number of hydrogen-bond acceptors (Lipinski definition) is 5. The molecule has 0 fully saturated rings. The van der Waals surface area contributed by atoms with Gasteiger partial charge < -0.3 is 10.6 Å². The van der Waals surface area contributed by atoms with Crippen LogP contribution in [0.5, 0.6) is 0 Å². The molecule has 122 valence electrons. The molecule has 3 N–H and O–H groups in total. The molecule has 7 nitrogen and oxygen atoms in total. The normalized spacial score (nSPS) is 13.9. The van der Waals surface area contributed by atoms with Crippen LogP contribution in [0.2, 0.25) is 0 Å². The Morgan fingerprint density at radius 3 is 2.52 bits per heavy atom. The Kier molecular flexibility index (Phi) is 6.33. The second-order valence-electron chi connectivity index (χ2n) is 5.53. The fourth-order valence-corrected chi connectivity index (χ4v) is 3.54. The van der Waals surface area contributed by atoms with Gasteiger partial charge in [-0.1, -0.05) is 0 Å². The van der Waals surface area contributed by atoms with Crippen LogP contribution in [0.3, 0.4) is 0 Å². The second-order valence-corrected chi connectivity index (χ2v) is 7.23. The summed E-state index contributed by atoms with van der Waals surface area (Å²) in [5, 5.41) is 4.31. The van der Waals surface area contributed by atoms with Gasteiger partial charge in [0.2, 0.25) is 10.0 Å². The zero-order valence-electron chi connectivity index (χ0n) is 13.5. The van der Waals surface area contributed by atoms with Crippen LogP contribution in [0, 0.1) is 13.8 Å². The standard InChI is InChI=1S/C13H27N5O2S/c1-10(17(4)5)9-15-21(19,20)13-11(2)16-18(12(13)3)8-6-7-14/h10,15H,6-9,14H2,1-5H3. The molecule has 0 aromatic carbocycles. The van der Waals surface area contributed by atoms with E-state index in [0.717, 1.165) is 6.42 Å². The lowest BCUT2D eigenvalue weighted by Crippen LogP contribution is -2.38. The second kappa shape index (κ2) is 7.35. The van der Waals surface area contributed by atoms with Gasteiger partial charge in [0.15, 0.2) is 0 Å². The number of sulfonamides is 1. The molecule has 0 bridgehead atoms. The molecule has 1 rings (SSSR count). The maximum Gasteiger partial charge on any atom is 0.244 e. The van der Waals surface area contributed by atoms with Crippen LogP contribution in [0.15, 0.2) is 4.90 Å². The van der Waals surface area contributed by atoms with Crippen LogP contribution in [0.1, 0.15) is 24.7 Å². The van der Waals surface area contributed by atoms with Gasteiger partial charge >= 0.3 is 0 Å². The molecule has 0 spiro atoms. The maximum atomic E-state index is 12.5. The van der Waals surface area contributed by atoms with Crippen molar-refractivity contribution in [1.29, 1.82) is 0 Å². The first-order chi connectivity index (χ1) is 9.70. The van der Waals surface area contributed by atoms with E-state index in [2.05, 4.69) is 9.82 Å². The number of hydrogen-bond donors (Lipinski definition) is 2. The Balaban J connectivity index is 2.95. The molecular formula is C13H27N5O2S. The summed E-state index contributed by atoms with van der Waals surface area (Å²) >= 11 is 0. The Labute approximate surface area is 127 Å². The van der Waals surface area contributed by atoms with E-state index in [4.69, 9.17) is 5.73 Å². The molecule has 1 aromatic heterocycles. The molecular weight excluding hydrogens is 290 g/mol. The minimum atomic E-state index is -3.55. The molecule has 0 aliphatic carbocycles. The van der Waals surface area contributed by atoms with Crippen molar-refractivity contribution in [3.8, 4) is 0 Å². The first-order valence-corrected chi connectivity index (χ1v) is 8.59. The van der Waals surface area contributed by atoms with E-state index in [-0.39, 0.29) is 10.9 Å². The third-order valence-corrected chi connectivity index (χ3v) is 5.28. The Bertz CT molecular complexity index is 565. The summed E-state index contributed by atoms with van der Waals surface area (Å²) in [7, 11) is 0.288. The van der Waals surface area contributed by atoms with Crippen LogP contribution < -0.4 is 10.5 Å². The lowest BCUT2D eigenvalue weighted by atomic mass is 10.3. The van der Waals surface area contributed by atoms with E-state index in [1.54, 1.807) is 18.5 Å². The topological polar surface area (TPSA) is 93.2 Å². The molecule has 1 atom stereocenters. The van der Waals surface area contributed by atoms with E-state index in [0.29, 0.717) is 31.0 Å². The van der Waals surface area contributed by atoms with E-state index in [9.17, 15) is 8.42 Å². The van der Waals surface area contributed by atoms with Gasteiger partial charge in [-0.15, -0.1) is 0 Å². The minimum Gasteiger partial charge on any atom is -0.330 e. The van der Waals surface area contributed by atoms with Crippen molar-refractivity contribution in [1.82, 2.24) is 19.4 Å². The zero-order valence-corrected chi connectivity index (χ0v) is 14.4.